The normalized spacial score (nSPS) is 16.7. The van der Waals surface area contributed by atoms with E-state index in [9.17, 15) is 4.79 Å². The number of amides is 1. The highest BCUT2D eigenvalue weighted by Crippen LogP contribution is 2.20. The molecule has 0 heterocycles. The predicted molar refractivity (Wildman–Crippen MR) is 115 cm³/mol. The lowest BCUT2D eigenvalue weighted by molar-refractivity contribution is -0.121. The number of aliphatic imine (C=N–C) groups is 1. The van der Waals surface area contributed by atoms with Gasteiger partial charge in [0.15, 0.2) is 5.96 Å². The van der Waals surface area contributed by atoms with E-state index in [1.807, 2.05) is 6.92 Å². The average molecular weight is 468 g/mol. The summed E-state index contributed by atoms with van der Waals surface area (Å²) < 4.78 is 5.91. The molecule has 6 nitrogen and oxygen atoms in total. The van der Waals surface area contributed by atoms with E-state index in [4.69, 9.17) is 4.74 Å². The second kappa shape index (κ2) is 15.7. The highest BCUT2D eigenvalue weighted by Gasteiger charge is 2.13. The molecule has 1 fully saturated rings. The van der Waals surface area contributed by atoms with Gasteiger partial charge in [-0.05, 0) is 32.6 Å². The van der Waals surface area contributed by atoms with Crippen molar-refractivity contribution in [2.45, 2.75) is 77.4 Å². The number of nitrogens with one attached hydrogen (secondary N) is 3. The third-order valence-corrected chi connectivity index (χ3v) is 4.41. The van der Waals surface area contributed by atoms with E-state index in [0.29, 0.717) is 19.1 Å². The summed E-state index contributed by atoms with van der Waals surface area (Å²) in [6.45, 7) is 6.28. The topological polar surface area (TPSA) is 74.8 Å². The van der Waals surface area contributed by atoms with Crippen LogP contribution in [0.2, 0.25) is 0 Å². The number of guanidine groups is 1. The fourth-order valence-corrected chi connectivity index (χ4v) is 2.72. The van der Waals surface area contributed by atoms with Gasteiger partial charge >= 0.3 is 0 Å². The first-order chi connectivity index (χ1) is 11.7. The van der Waals surface area contributed by atoms with Crippen LogP contribution in [-0.4, -0.2) is 50.8 Å². The van der Waals surface area contributed by atoms with Crippen molar-refractivity contribution in [1.82, 2.24) is 16.0 Å². The van der Waals surface area contributed by atoms with Crippen LogP contribution in [0.25, 0.3) is 0 Å². The van der Waals surface area contributed by atoms with Crippen LogP contribution >= 0.6 is 24.0 Å². The molecule has 1 aliphatic rings. The molecule has 1 atom stereocenters. The molecule has 0 aromatic rings. The minimum absolute atomic E-state index is 0. The zero-order valence-electron chi connectivity index (χ0n) is 16.1. The van der Waals surface area contributed by atoms with Gasteiger partial charge in [-0.2, -0.15) is 0 Å². The Kier molecular flexibility index (Phi) is 15.3. The highest BCUT2D eigenvalue weighted by atomic mass is 127. The maximum absolute atomic E-state index is 11.7. The summed E-state index contributed by atoms with van der Waals surface area (Å²) in [7, 11) is 1.74. The van der Waals surface area contributed by atoms with E-state index in [1.54, 1.807) is 7.05 Å². The van der Waals surface area contributed by atoms with Crippen molar-refractivity contribution in [3.05, 3.63) is 0 Å². The lowest BCUT2D eigenvalue weighted by atomic mass is 9.98. The van der Waals surface area contributed by atoms with Gasteiger partial charge in [0.2, 0.25) is 5.91 Å². The van der Waals surface area contributed by atoms with Crippen molar-refractivity contribution in [1.29, 1.82) is 0 Å². The minimum Gasteiger partial charge on any atom is -0.378 e. The highest BCUT2D eigenvalue weighted by molar-refractivity contribution is 14.0. The Balaban J connectivity index is 0.00000576. The SMILES string of the molecule is CCC(C)NC(=O)CCNC(=NC)NCCCOC1CCCCC1.I. The van der Waals surface area contributed by atoms with Crippen LogP contribution in [0.5, 0.6) is 0 Å². The molecule has 1 aliphatic carbocycles. The third-order valence-electron chi connectivity index (χ3n) is 4.41. The Hall–Kier alpha value is -0.570. The lowest BCUT2D eigenvalue weighted by Gasteiger charge is -2.22. The van der Waals surface area contributed by atoms with Crippen molar-refractivity contribution in [3.8, 4) is 0 Å². The van der Waals surface area contributed by atoms with Crippen LogP contribution in [0.4, 0.5) is 0 Å². The third kappa shape index (κ3) is 12.4. The Morgan fingerprint density at radius 1 is 1.20 bits per heavy atom. The van der Waals surface area contributed by atoms with Crippen LogP contribution in [-0.2, 0) is 9.53 Å². The number of nitrogens with zero attached hydrogens (tertiary/aromatic N) is 1. The van der Waals surface area contributed by atoms with Crippen molar-refractivity contribution < 1.29 is 9.53 Å². The summed E-state index contributed by atoms with van der Waals surface area (Å²) in [5.41, 5.74) is 0. The molecule has 0 saturated heterocycles. The molecule has 7 heteroatoms. The fraction of sp³-hybridized carbons (Fsp3) is 0.889. The Labute approximate surface area is 170 Å². The van der Waals surface area contributed by atoms with Gasteiger partial charge in [-0.15, -0.1) is 24.0 Å². The number of hydrogen-bond donors (Lipinski definition) is 3. The van der Waals surface area contributed by atoms with Crippen LogP contribution in [0, 0.1) is 0 Å². The molecule has 0 aliphatic heterocycles. The molecular formula is C18H37IN4O2. The summed E-state index contributed by atoms with van der Waals surface area (Å²) >= 11 is 0. The Bertz CT molecular complexity index is 374. The molecule has 25 heavy (non-hydrogen) atoms. The number of carbonyl (C=O) groups is 1. The van der Waals surface area contributed by atoms with Gasteiger partial charge in [0, 0.05) is 39.2 Å². The van der Waals surface area contributed by atoms with Crippen molar-refractivity contribution in [2.75, 3.05) is 26.7 Å². The molecule has 1 unspecified atom stereocenters. The molecule has 0 aromatic heterocycles. The maximum Gasteiger partial charge on any atom is 0.221 e. The van der Waals surface area contributed by atoms with Gasteiger partial charge in [0.1, 0.15) is 0 Å². The largest absolute Gasteiger partial charge is 0.378 e. The zero-order valence-corrected chi connectivity index (χ0v) is 18.4. The van der Waals surface area contributed by atoms with Gasteiger partial charge in [-0.1, -0.05) is 26.2 Å². The predicted octanol–water partition coefficient (Wildman–Crippen LogP) is 2.81. The number of ether oxygens (including phenoxy) is 1. The summed E-state index contributed by atoms with van der Waals surface area (Å²) in [6.07, 6.45) is 9.25. The minimum atomic E-state index is 0. The Morgan fingerprint density at radius 2 is 1.88 bits per heavy atom. The molecule has 0 spiro atoms. The first kappa shape index (κ1) is 24.4. The van der Waals surface area contributed by atoms with Gasteiger partial charge < -0.3 is 20.7 Å². The monoisotopic (exact) mass is 468 g/mol. The quantitative estimate of drug-likeness (QED) is 0.200. The van der Waals surface area contributed by atoms with E-state index < -0.39 is 0 Å². The summed E-state index contributed by atoms with van der Waals surface area (Å²) in [4.78, 5) is 15.9. The average Bonchev–Trinajstić information content (AvgIpc) is 2.60. The molecule has 1 saturated carbocycles. The van der Waals surface area contributed by atoms with Gasteiger partial charge in [0.05, 0.1) is 6.10 Å². The molecule has 0 aromatic carbocycles. The maximum atomic E-state index is 11.7. The number of halogens is 1. The second-order valence-corrected chi connectivity index (χ2v) is 6.54. The number of carbonyl (C=O) groups excluding carboxylic acids is 1. The van der Waals surface area contributed by atoms with Crippen LogP contribution < -0.4 is 16.0 Å². The lowest BCUT2D eigenvalue weighted by Crippen LogP contribution is -2.40. The van der Waals surface area contributed by atoms with Gasteiger partial charge in [0.25, 0.3) is 0 Å². The second-order valence-electron chi connectivity index (χ2n) is 6.54. The van der Waals surface area contributed by atoms with Crippen molar-refractivity contribution >= 4 is 35.8 Å². The van der Waals surface area contributed by atoms with Crippen LogP contribution in [0.1, 0.15) is 65.2 Å². The standard InChI is InChI=1S/C18H36N4O2.HI/c1-4-15(2)22-17(23)11-13-21-18(19-3)20-12-8-14-24-16-9-6-5-7-10-16;/h15-16H,4-14H2,1-3H3,(H,22,23)(H2,19,20,21);1H. The fourth-order valence-electron chi connectivity index (χ4n) is 2.72. The molecule has 3 N–H and O–H groups in total. The van der Waals surface area contributed by atoms with E-state index in [-0.39, 0.29) is 35.9 Å². The first-order valence-corrected chi connectivity index (χ1v) is 9.51. The first-order valence-electron chi connectivity index (χ1n) is 9.51. The molecular weight excluding hydrogens is 431 g/mol. The van der Waals surface area contributed by atoms with Gasteiger partial charge in [-0.3, -0.25) is 9.79 Å². The van der Waals surface area contributed by atoms with Crippen molar-refractivity contribution in [3.63, 3.8) is 0 Å². The smallest absolute Gasteiger partial charge is 0.221 e. The van der Waals surface area contributed by atoms with E-state index in [0.717, 1.165) is 32.0 Å². The molecule has 0 bridgehead atoms. The van der Waals surface area contributed by atoms with E-state index in [2.05, 4.69) is 27.9 Å². The summed E-state index contributed by atoms with van der Waals surface area (Å²) in [5, 5.41) is 9.39. The molecule has 1 rings (SSSR count). The van der Waals surface area contributed by atoms with E-state index in [1.165, 1.54) is 32.1 Å². The number of hydrogen-bond acceptors (Lipinski definition) is 3. The summed E-state index contributed by atoms with van der Waals surface area (Å²) in [5.74, 6) is 0.817. The molecule has 148 valence electrons. The van der Waals surface area contributed by atoms with Crippen molar-refractivity contribution in [2.24, 2.45) is 4.99 Å². The van der Waals surface area contributed by atoms with Crippen LogP contribution in [0.3, 0.4) is 0 Å². The van der Waals surface area contributed by atoms with Gasteiger partial charge in [-0.25, -0.2) is 0 Å². The molecule has 0 radical (unpaired) electrons. The zero-order chi connectivity index (χ0) is 17.6. The van der Waals surface area contributed by atoms with E-state index >= 15 is 0 Å². The van der Waals surface area contributed by atoms with Crippen LogP contribution in [0.15, 0.2) is 4.99 Å². The molecule has 1 amide bonds. The summed E-state index contributed by atoms with van der Waals surface area (Å²) in [6, 6.07) is 0.235. The number of rotatable bonds is 10. The Morgan fingerprint density at radius 3 is 2.52 bits per heavy atom.